The third-order valence-corrected chi connectivity index (χ3v) is 16.2. The molecule has 0 bridgehead atoms. The van der Waals surface area contributed by atoms with Gasteiger partial charge in [0.1, 0.15) is 0 Å². The van der Waals surface area contributed by atoms with E-state index in [1.165, 1.54) is 90.1 Å². The van der Waals surface area contributed by atoms with Crippen LogP contribution in [0.15, 0.2) is 236 Å². The molecule has 2 nitrogen and oxygen atoms in total. The Morgan fingerprint density at radius 2 is 0.826 bits per heavy atom. The quantitative estimate of drug-likeness (QED) is 0.133. The monoisotopic (exact) mass is 918 g/mol. The third-order valence-electron chi connectivity index (χ3n) is 13.9. The maximum absolute atomic E-state index is 2.42. The fourth-order valence-electron chi connectivity index (χ4n) is 10.3. The van der Waals surface area contributed by atoms with Crippen LogP contribution in [0.3, 0.4) is 0 Å². The van der Waals surface area contributed by atoms with Gasteiger partial charge in [-0.25, -0.2) is 0 Å². The summed E-state index contributed by atoms with van der Waals surface area (Å²) >= 11 is 3.80. The van der Waals surface area contributed by atoms with Gasteiger partial charge in [-0.1, -0.05) is 170 Å². The Bertz CT molecular complexity index is 3950. The molecule has 2 heterocycles. The van der Waals surface area contributed by atoms with E-state index in [0.717, 1.165) is 47.0 Å². The molecule has 2 aromatic heterocycles. The minimum Gasteiger partial charge on any atom is -0.310 e. The number of nitrogens with zero attached hydrogens (tertiary/aromatic N) is 2. The lowest BCUT2D eigenvalue weighted by Crippen LogP contribution is -2.10. The molecule has 0 saturated carbocycles. The van der Waals surface area contributed by atoms with Gasteiger partial charge in [0.2, 0.25) is 0 Å². The molecule has 0 atom stereocenters. The van der Waals surface area contributed by atoms with Crippen molar-refractivity contribution in [3.63, 3.8) is 0 Å². The van der Waals surface area contributed by atoms with E-state index in [-0.39, 0.29) is 0 Å². The Morgan fingerprint density at radius 3 is 1.39 bits per heavy atom. The van der Waals surface area contributed by atoms with Crippen molar-refractivity contribution < 1.29 is 0 Å². The fourth-order valence-corrected chi connectivity index (χ4v) is 12.8. The molecule has 328 valence electrons. The molecule has 12 aromatic rings. The van der Waals surface area contributed by atoms with E-state index in [9.17, 15) is 0 Å². The Balaban J connectivity index is 0.904. The second kappa shape index (κ2) is 17.2. The molecule has 0 fully saturated rings. The van der Waals surface area contributed by atoms with E-state index in [1.54, 1.807) is 0 Å². The van der Waals surface area contributed by atoms with Crippen LogP contribution in [0.25, 0.3) is 80.1 Å². The van der Waals surface area contributed by atoms with Gasteiger partial charge in [-0.05, 0) is 135 Å². The molecule has 0 radical (unpaired) electrons. The van der Waals surface area contributed by atoms with E-state index in [4.69, 9.17) is 0 Å². The van der Waals surface area contributed by atoms with Gasteiger partial charge in [0.05, 0.1) is 0 Å². The van der Waals surface area contributed by atoms with Crippen LogP contribution < -0.4 is 9.80 Å². The number of rotatable bonds is 9. The first-order valence-electron chi connectivity index (χ1n) is 23.8. The van der Waals surface area contributed by atoms with Crippen LogP contribution in [0.1, 0.15) is 23.8 Å². The SMILES string of the molecule is CCC1=CC=Cc2c(sc3cc(N(c4ccc(-c5ccccc5)cc4)c4ccc5c(ccc6cc(N(c7ccc(-c8ccccc8)cc7)c7ccc8c(c7)sc7ccccc78)ccc65)c4)ccc23)C1. The molecule has 1 aliphatic carbocycles. The summed E-state index contributed by atoms with van der Waals surface area (Å²) < 4.78 is 3.91. The number of hydrogen-bond acceptors (Lipinski definition) is 4. The average Bonchev–Trinajstić information content (AvgIpc) is 3.88. The van der Waals surface area contributed by atoms with Crippen LogP contribution in [0.5, 0.6) is 0 Å². The highest BCUT2D eigenvalue weighted by molar-refractivity contribution is 7.25. The summed E-state index contributed by atoms with van der Waals surface area (Å²) in [4.78, 5) is 6.28. The van der Waals surface area contributed by atoms with Crippen LogP contribution in [-0.2, 0) is 6.42 Å². The lowest BCUT2D eigenvalue weighted by atomic mass is 9.99. The summed E-state index contributed by atoms with van der Waals surface area (Å²) in [7, 11) is 0. The van der Waals surface area contributed by atoms with Gasteiger partial charge in [0.15, 0.2) is 0 Å². The highest BCUT2D eigenvalue weighted by Gasteiger charge is 2.20. The van der Waals surface area contributed by atoms with Crippen molar-refractivity contribution in [2.75, 3.05) is 9.80 Å². The van der Waals surface area contributed by atoms with Crippen molar-refractivity contribution in [3.8, 4) is 22.3 Å². The zero-order valence-corrected chi connectivity index (χ0v) is 39.8. The third kappa shape index (κ3) is 7.50. The molecular weight excluding hydrogens is 873 g/mol. The summed E-state index contributed by atoms with van der Waals surface area (Å²) in [5.41, 5.74) is 14.5. The van der Waals surface area contributed by atoms with E-state index in [0.29, 0.717) is 0 Å². The van der Waals surface area contributed by atoms with Gasteiger partial charge < -0.3 is 9.80 Å². The molecule has 13 rings (SSSR count). The Hall–Kier alpha value is -8.02. The summed E-state index contributed by atoms with van der Waals surface area (Å²) in [6.45, 7) is 2.26. The van der Waals surface area contributed by atoms with Gasteiger partial charge >= 0.3 is 0 Å². The highest BCUT2D eigenvalue weighted by atomic mass is 32.1. The van der Waals surface area contributed by atoms with Crippen molar-refractivity contribution in [1.82, 2.24) is 0 Å². The minimum absolute atomic E-state index is 1.01. The molecule has 4 heteroatoms. The Kier molecular flexibility index (Phi) is 10.3. The van der Waals surface area contributed by atoms with Crippen molar-refractivity contribution in [2.45, 2.75) is 19.8 Å². The van der Waals surface area contributed by atoms with E-state index >= 15 is 0 Å². The topological polar surface area (TPSA) is 6.48 Å². The van der Waals surface area contributed by atoms with Crippen LogP contribution in [0.2, 0.25) is 0 Å². The molecule has 0 unspecified atom stereocenters. The van der Waals surface area contributed by atoms with E-state index in [2.05, 4.69) is 253 Å². The summed E-state index contributed by atoms with van der Waals surface area (Å²) in [5, 5.41) is 8.81. The second-order valence-corrected chi connectivity index (χ2v) is 20.2. The first-order chi connectivity index (χ1) is 34.1. The Labute approximate surface area is 410 Å². The maximum Gasteiger partial charge on any atom is 0.0476 e. The standard InChI is InChI=1S/C65H46N2S2/c1-2-43-12-11-18-59-61-37-33-55(42-65(61)69-63(59)38-43)67(51-28-24-47(25-29-51)45-15-7-4-8-16-45)53-31-35-57-49(40-53)21-20-48-39-52(30-34-56(48)57)66(50-26-22-46(23-27-50)44-13-5-3-6-14-44)54-32-36-60-58-17-9-10-19-62(58)68-64(60)41-54/h3-37,39-42H,2,38H2,1H3. The van der Waals surface area contributed by atoms with Gasteiger partial charge in [0.25, 0.3) is 0 Å². The normalized spacial score (nSPS) is 12.4. The number of thiophene rings is 2. The van der Waals surface area contributed by atoms with Gasteiger partial charge in [-0.3, -0.25) is 0 Å². The van der Waals surface area contributed by atoms with Crippen molar-refractivity contribution in [1.29, 1.82) is 0 Å². The van der Waals surface area contributed by atoms with Crippen molar-refractivity contribution in [2.24, 2.45) is 0 Å². The maximum atomic E-state index is 2.42. The molecule has 0 saturated heterocycles. The van der Waals surface area contributed by atoms with Crippen LogP contribution in [-0.4, -0.2) is 0 Å². The largest absolute Gasteiger partial charge is 0.310 e. The van der Waals surface area contributed by atoms with Crippen molar-refractivity contribution >= 4 is 115 Å². The van der Waals surface area contributed by atoms with Crippen LogP contribution in [0, 0.1) is 0 Å². The first-order valence-corrected chi connectivity index (χ1v) is 25.5. The molecule has 0 aliphatic heterocycles. The zero-order valence-electron chi connectivity index (χ0n) is 38.1. The lowest BCUT2D eigenvalue weighted by Gasteiger charge is -2.27. The number of fused-ring (bicyclic) bond motifs is 9. The summed E-state index contributed by atoms with van der Waals surface area (Å²) in [6.07, 6.45) is 8.92. The predicted octanol–water partition coefficient (Wildman–Crippen LogP) is 19.8. The van der Waals surface area contributed by atoms with E-state index < -0.39 is 0 Å². The molecule has 0 N–H and O–H groups in total. The smallest absolute Gasteiger partial charge is 0.0476 e. The molecule has 10 aromatic carbocycles. The van der Waals surface area contributed by atoms with E-state index in [1.807, 2.05) is 22.7 Å². The fraction of sp³-hybridized carbons (Fsp3) is 0.0462. The summed E-state index contributed by atoms with van der Waals surface area (Å²) in [5.74, 6) is 0. The Morgan fingerprint density at radius 1 is 0.377 bits per heavy atom. The van der Waals surface area contributed by atoms with Gasteiger partial charge in [-0.15, -0.1) is 22.7 Å². The second-order valence-electron chi connectivity index (χ2n) is 18.0. The van der Waals surface area contributed by atoms with Crippen LogP contribution >= 0.6 is 22.7 Å². The molecular formula is C65H46N2S2. The van der Waals surface area contributed by atoms with Crippen LogP contribution in [0.4, 0.5) is 34.1 Å². The lowest BCUT2D eigenvalue weighted by molar-refractivity contribution is 1.02. The first kappa shape index (κ1) is 41.2. The molecule has 0 spiro atoms. The predicted molar refractivity (Wildman–Crippen MR) is 301 cm³/mol. The average molecular weight is 919 g/mol. The molecule has 69 heavy (non-hydrogen) atoms. The van der Waals surface area contributed by atoms with Gasteiger partial charge in [0, 0.05) is 75.7 Å². The summed E-state index contributed by atoms with van der Waals surface area (Å²) in [6, 6.07) is 80.6. The number of hydrogen-bond donors (Lipinski definition) is 0. The molecule has 1 aliphatic rings. The zero-order chi connectivity index (χ0) is 45.8. The number of allylic oxidation sites excluding steroid dienone is 3. The molecule has 0 amide bonds. The minimum atomic E-state index is 1.01. The highest BCUT2D eigenvalue weighted by Crippen LogP contribution is 2.45. The number of benzene rings is 10. The van der Waals surface area contributed by atoms with Crippen molar-refractivity contribution in [3.05, 3.63) is 247 Å². The number of anilines is 6. The van der Waals surface area contributed by atoms with Gasteiger partial charge in [-0.2, -0.15) is 0 Å².